The summed E-state index contributed by atoms with van der Waals surface area (Å²) in [5.41, 5.74) is 3.16. The van der Waals surface area contributed by atoms with Gasteiger partial charge in [0.25, 0.3) is 6.47 Å². The van der Waals surface area contributed by atoms with Crippen molar-refractivity contribution in [1.29, 1.82) is 0 Å². The Hall–Kier alpha value is -6.86. The third-order valence-electron chi connectivity index (χ3n) is 13.3. The number of benzene rings is 1. The Morgan fingerprint density at radius 2 is 1.01 bits per heavy atom. The molecule has 514 valence electrons. The monoisotopic (exact) mass is 1330 g/mol. The smallest absolute Gasteiger partial charge is 0.304 e. The fourth-order valence-corrected chi connectivity index (χ4v) is 8.92. The average molecular weight is 1330 g/mol. The highest BCUT2D eigenvalue weighted by molar-refractivity contribution is 7.80. The van der Waals surface area contributed by atoms with E-state index in [1.165, 1.54) is 6.20 Å². The van der Waals surface area contributed by atoms with Crippen LogP contribution in [0.1, 0.15) is 44.1 Å². The van der Waals surface area contributed by atoms with E-state index in [2.05, 4.69) is 62.3 Å². The van der Waals surface area contributed by atoms with Gasteiger partial charge in [0.1, 0.15) is 23.8 Å². The van der Waals surface area contributed by atoms with Gasteiger partial charge in [-0.15, -0.1) is 20.4 Å². The van der Waals surface area contributed by atoms with Crippen LogP contribution in [0, 0.1) is 0 Å². The molecule has 1 amide bonds. The molecule has 4 heterocycles. The second kappa shape index (κ2) is 49.7. The predicted molar refractivity (Wildman–Crippen MR) is 340 cm³/mol. The number of aromatic nitrogens is 6. The maximum atomic E-state index is 12.4. The molecular formula is C61H90N12O19S. The highest BCUT2D eigenvalue weighted by Gasteiger charge is 2.30. The molecule has 3 aromatic heterocycles. The molecule has 4 aromatic rings. The Balaban J connectivity index is 0.697. The number of pyridine rings is 2. The van der Waals surface area contributed by atoms with Crippen molar-refractivity contribution in [3.05, 3.63) is 72.6 Å². The Kier molecular flexibility index (Phi) is 41.1. The van der Waals surface area contributed by atoms with E-state index in [-0.39, 0.29) is 68.9 Å². The number of nitrogens with one attached hydrogen (secondary N) is 6. The first-order valence-electron chi connectivity index (χ1n) is 31.0. The number of anilines is 2. The van der Waals surface area contributed by atoms with Crippen LogP contribution < -0.4 is 31.9 Å². The summed E-state index contributed by atoms with van der Waals surface area (Å²) < 4.78 is 66.1. The van der Waals surface area contributed by atoms with Crippen LogP contribution in [0.5, 0.6) is 0 Å². The predicted octanol–water partition coefficient (Wildman–Crippen LogP) is 1.55. The SMILES string of the molecule is O=COCC1NCC(CC(=O)O)NCC(CC(=O)O)NC1Cc1ccc(NC(=S)NCCOCCOCCOCCOCCOCCOCCOCCOCCOCCOCCOCCCC(=O)CCC(=O)Nc2ccc(-c3nnc(-c4ccccn4)nn3)nc2)cc1. The standard InChI is InChI=1S/C61H90N12O19S/c74-45-92-44-55-54(67-50(40-58(79)80)43-64-49(42-66-55)39-57(77)78)38-46-6-8-47(9-7-46)69-61(93)63-15-17-82-19-21-84-23-25-86-27-29-88-31-33-90-35-37-91-36-34-89-32-30-87-28-26-85-24-22-83-20-18-81-16-3-4-51(75)11-13-56(76)68-48-10-12-53(65-41-48)60-72-70-59(71-73-60)52-5-1-2-14-62-52/h1-2,5-10,12,14,41,45,49-50,54-55,64,66-67H,3-4,11,13,15-40,42-44H2,(H,68,76)(H,77,78)(H,79,80)(H2,63,69,93). The average Bonchev–Trinajstić information content (AvgIpc) is 2.05. The van der Waals surface area contributed by atoms with Gasteiger partial charge in [0, 0.05) is 75.5 Å². The molecule has 0 radical (unpaired) electrons. The van der Waals surface area contributed by atoms with Crippen molar-refractivity contribution in [1.82, 2.24) is 51.6 Å². The van der Waals surface area contributed by atoms with E-state index in [9.17, 15) is 34.2 Å². The van der Waals surface area contributed by atoms with Crippen molar-refractivity contribution < 1.29 is 91.0 Å². The van der Waals surface area contributed by atoms with E-state index in [0.717, 1.165) is 11.3 Å². The first-order valence-corrected chi connectivity index (χ1v) is 31.4. The number of carboxylic acid groups (broad SMARTS) is 2. The van der Waals surface area contributed by atoms with Crippen LogP contribution in [0.4, 0.5) is 11.4 Å². The second-order valence-electron chi connectivity index (χ2n) is 20.6. The van der Waals surface area contributed by atoms with E-state index in [0.29, 0.717) is 206 Å². The van der Waals surface area contributed by atoms with Crippen molar-refractivity contribution >= 4 is 58.8 Å². The Morgan fingerprint density at radius 1 is 0.527 bits per heavy atom. The Bertz CT molecular complexity index is 2670. The van der Waals surface area contributed by atoms with Gasteiger partial charge < -0.3 is 99.0 Å². The number of aliphatic carboxylic acids is 2. The highest BCUT2D eigenvalue weighted by Crippen LogP contribution is 2.17. The molecule has 93 heavy (non-hydrogen) atoms. The van der Waals surface area contributed by atoms with Crippen molar-refractivity contribution in [2.45, 2.75) is 69.1 Å². The molecule has 4 atom stereocenters. The summed E-state index contributed by atoms with van der Waals surface area (Å²) in [5.74, 6) is -1.76. The third kappa shape index (κ3) is 37.0. The lowest BCUT2D eigenvalue weighted by atomic mass is 9.97. The van der Waals surface area contributed by atoms with Gasteiger partial charge in [-0.2, -0.15) is 0 Å². The van der Waals surface area contributed by atoms with Crippen LogP contribution >= 0.6 is 12.2 Å². The van der Waals surface area contributed by atoms with Gasteiger partial charge in [0.05, 0.1) is 170 Å². The van der Waals surface area contributed by atoms with Gasteiger partial charge >= 0.3 is 11.9 Å². The number of hydrogen-bond acceptors (Lipinski definition) is 27. The number of carbonyl (C=O) groups excluding carboxylic acids is 3. The zero-order valence-corrected chi connectivity index (χ0v) is 53.3. The summed E-state index contributed by atoms with van der Waals surface area (Å²) >= 11 is 5.45. The number of thiocarbonyl (C=S) groups is 1. The molecule has 8 N–H and O–H groups in total. The van der Waals surface area contributed by atoms with Crippen LogP contribution in [-0.2, 0) is 87.2 Å². The lowest BCUT2D eigenvalue weighted by Gasteiger charge is -2.31. The first kappa shape index (κ1) is 76.8. The van der Waals surface area contributed by atoms with E-state index in [4.69, 9.17) is 69.1 Å². The van der Waals surface area contributed by atoms with Gasteiger partial charge in [-0.3, -0.25) is 33.9 Å². The van der Waals surface area contributed by atoms with E-state index in [1.54, 1.807) is 30.5 Å². The molecule has 31 nitrogen and oxygen atoms in total. The molecule has 5 rings (SSSR count). The fraction of sp³-hybridized carbons (Fsp3) is 0.607. The maximum absolute atomic E-state index is 12.4. The molecule has 0 aliphatic carbocycles. The molecule has 1 aromatic carbocycles. The van der Waals surface area contributed by atoms with Crippen LogP contribution in [0.3, 0.4) is 0 Å². The van der Waals surface area contributed by atoms with Crippen LogP contribution in [0.15, 0.2) is 67.0 Å². The van der Waals surface area contributed by atoms with Crippen LogP contribution in [-0.4, -0.2) is 272 Å². The van der Waals surface area contributed by atoms with Crippen molar-refractivity contribution in [3.8, 4) is 23.0 Å². The van der Waals surface area contributed by atoms with E-state index in [1.807, 2.05) is 30.3 Å². The molecule has 0 bridgehead atoms. The largest absolute Gasteiger partial charge is 0.481 e. The van der Waals surface area contributed by atoms with Gasteiger partial charge in [-0.1, -0.05) is 18.2 Å². The number of carbonyl (C=O) groups is 5. The van der Waals surface area contributed by atoms with Crippen LogP contribution in [0.2, 0.25) is 0 Å². The van der Waals surface area contributed by atoms with Gasteiger partial charge in [-0.25, -0.2) is 0 Å². The minimum absolute atomic E-state index is 0.00871. The Morgan fingerprint density at radius 3 is 1.49 bits per heavy atom. The maximum Gasteiger partial charge on any atom is 0.304 e. The summed E-state index contributed by atoms with van der Waals surface area (Å²) in [7, 11) is 0. The molecule has 0 spiro atoms. The van der Waals surface area contributed by atoms with Gasteiger partial charge in [-0.05, 0) is 67.0 Å². The molecular weight excluding hydrogens is 1240 g/mol. The number of hydrogen-bond donors (Lipinski definition) is 8. The molecule has 1 aliphatic heterocycles. The molecule has 1 saturated heterocycles. The first-order chi connectivity index (χ1) is 45.5. The number of ether oxygens (including phenoxy) is 12. The summed E-state index contributed by atoms with van der Waals surface area (Å²) in [5, 5.41) is 54.5. The number of rotatable bonds is 53. The van der Waals surface area contributed by atoms with Gasteiger partial charge in [0.2, 0.25) is 17.6 Å². The van der Waals surface area contributed by atoms with Crippen molar-refractivity contribution in [3.63, 3.8) is 0 Å². The summed E-state index contributed by atoms with van der Waals surface area (Å²) in [6.07, 6.45) is 4.29. The summed E-state index contributed by atoms with van der Waals surface area (Å²) in [6.45, 7) is 10.8. The third-order valence-corrected chi connectivity index (χ3v) is 13.6. The molecule has 1 aliphatic rings. The van der Waals surface area contributed by atoms with E-state index >= 15 is 0 Å². The second-order valence-corrected chi connectivity index (χ2v) is 21.0. The number of ketones is 1. The lowest BCUT2D eigenvalue weighted by molar-refractivity contribution is -0.139. The topological polar surface area (TPSA) is 386 Å². The Labute approximate surface area is 546 Å². The minimum Gasteiger partial charge on any atom is -0.481 e. The van der Waals surface area contributed by atoms with Crippen molar-refractivity contribution in [2.24, 2.45) is 0 Å². The summed E-state index contributed by atoms with van der Waals surface area (Å²) in [6, 6.07) is 14.5. The molecule has 0 saturated carbocycles. The summed E-state index contributed by atoms with van der Waals surface area (Å²) in [4.78, 5) is 67.4. The van der Waals surface area contributed by atoms with Crippen molar-refractivity contribution in [2.75, 3.05) is 182 Å². The van der Waals surface area contributed by atoms with Gasteiger partial charge in [0.15, 0.2) is 5.11 Å². The lowest BCUT2D eigenvalue weighted by Crippen LogP contribution is -2.55. The highest BCUT2D eigenvalue weighted by atomic mass is 32.1. The zero-order chi connectivity index (χ0) is 66.0. The normalized spacial score (nSPS) is 15.7. The van der Waals surface area contributed by atoms with E-state index < -0.39 is 30.1 Å². The number of amides is 1. The number of nitrogens with zero attached hydrogens (tertiary/aromatic N) is 6. The quantitative estimate of drug-likeness (QED) is 0.0177. The molecule has 1 fully saturated rings. The molecule has 4 unspecified atom stereocenters. The molecule has 32 heteroatoms. The minimum atomic E-state index is -0.994. The van der Waals surface area contributed by atoms with Crippen LogP contribution in [0.25, 0.3) is 23.0 Å². The number of carboxylic acids is 2. The fourth-order valence-electron chi connectivity index (χ4n) is 8.70. The number of Topliss-reactive ketones (excluding diaryl/α,β-unsaturated/α-hetero) is 1. The zero-order valence-electron chi connectivity index (χ0n) is 52.5.